The van der Waals surface area contributed by atoms with Crippen molar-refractivity contribution in [3.8, 4) is 0 Å². The molecule has 0 heterocycles. The molecule has 1 aliphatic rings. The van der Waals surface area contributed by atoms with E-state index in [1.165, 1.54) is 0 Å². The van der Waals surface area contributed by atoms with Gasteiger partial charge in [-0.05, 0) is 19.8 Å². The Morgan fingerprint density at radius 2 is 2.31 bits per heavy atom. The maximum absolute atomic E-state index is 11.2. The van der Waals surface area contributed by atoms with Crippen LogP contribution in [-0.2, 0) is 14.3 Å². The van der Waals surface area contributed by atoms with Gasteiger partial charge in [-0.2, -0.15) is 0 Å². The van der Waals surface area contributed by atoms with Gasteiger partial charge in [-0.25, -0.2) is 0 Å². The molecule has 0 amide bonds. The van der Waals surface area contributed by atoms with Crippen LogP contribution in [0.2, 0.25) is 0 Å². The molecule has 2 atom stereocenters. The zero-order chi connectivity index (χ0) is 9.84. The number of Topliss-reactive ketones (excluding diaryl/α,β-unsaturated/α-hetero) is 1. The monoisotopic (exact) mass is 185 g/mol. The molecule has 0 aromatic carbocycles. The zero-order valence-electron chi connectivity index (χ0n) is 7.79. The Morgan fingerprint density at radius 3 is 2.85 bits per heavy atom. The first-order valence-corrected chi connectivity index (χ1v) is 4.60. The van der Waals surface area contributed by atoms with E-state index in [2.05, 4.69) is 0 Å². The molecule has 74 valence electrons. The van der Waals surface area contributed by atoms with Gasteiger partial charge in [-0.1, -0.05) is 0 Å². The summed E-state index contributed by atoms with van der Waals surface area (Å²) in [6.45, 7) is 2.13. The van der Waals surface area contributed by atoms with E-state index in [0.717, 1.165) is 0 Å². The molecule has 1 aliphatic carbocycles. The number of hydrogen-bond donors (Lipinski definition) is 1. The van der Waals surface area contributed by atoms with Crippen molar-refractivity contribution < 1.29 is 14.3 Å². The summed E-state index contributed by atoms with van der Waals surface area (Å²) in [5, 5.41) is 0. The average molecular weight is 185 g/mol. The van der Waals surface area contributed by atoms with E-state index < -0.39 is 0 Å². The van der Waals surface area contributed by atoms with Crippen molar-refractivity contribution >= 4 is 11.8 Å². The van der Waals surface area contributed by atoms with Crippen LogP contribution < -0.4 is 5.73 Å². The lowest BCUT2D eigenvalue weighted by atomic mass is 9.85. The van der Waals surface area contributed by atoms with Gasteiger partial charge in [0.2, 0.25) is 0 Å². The average Bonchev–Trinajstić information content (AvgIpc) is 2.10. The molecule has 2 N–H and O–H groups in total. The number of carbonyl (C=O) groups is 2. The van der Waals surface area contributed by atoms with Gasteiger partial charge in [0.25, 0.3) is 0 Å². The number of carbonyl (C=O) groups excluding carboxylic acids is 2. The van der Waals surface area contributed by atoms with Gasteiger partial charge in [0, 0.05) is 6.42 Å². The van der Waals surface area contributed by atoms with E-state index in [0.29, 0.717) is 19.4 Å². The molecule has 0 saturated heterocycles. The second-order valence-corrected chi connectivity index (χ2v) is 3.30. The van der Waals surface area contributed by atoms with Crippen LogP contribution in [0.4, 0.5) is 0 Å². The van der Waals surface area contributed by atoms with Gasteiger partial charge in [-0.3, -0.25) is 9.59 Å². The fraction of sp³-hybridized carbons (Fsp3) is 0.778. The van der Waals surface area contributed by atoms with Gasteiger partial charge in [0.15, 0.2) is 0 Å². The summed E-state index contributed by atoms with van der Waals surface area (Å²) in [5.41, 5.74) is 5.51. The van der Waals surface area contributed by atoms with E-state index in [9.17, 15) is 9.59 Å². The van der Waals surface area contributed by atoms with Crippen LogP contribution in [0, 0.1) is 5.92 Å². The molecule has 13 heavy (non-hydrogen) atoms. The van der Waals surface area contributed by atoms with E-state index in [-0.39, 0.29) is 30.1 Å². The van der Waals surface area contributed by atoms with Crippen LogP contribution in [0.3, 0.4) is 0 Å². The van der Waals surface area contributed by atoms with Crippen molar-refractivity contribution in [2.45, 2.75) is 32.2 Å². The summed E-state index contributed by atoms with van der Waals surface area (Å²) in [5.74, 6) is -0.542. The van der Waals surface area contributed by atoms with E-state index >= 15 is 0 Å². The van der Waals surface area contributed by atoms with Crippen molar-refractivity contribution in [3.63, 3.8) is 0 Å². The Bertz CT molecular complexity index is 215. The molecular formula is C9H15NO3. The van der Waals surface area contributed by atoms with Crippen LogP contribution in [0.1, 0.15) is 26.2 Å². The SMILES string of the molecule is CCOC(=O)C1CCC(N)C(=O)C1. The molecule has 4 heteroatoms. The predicted molar refractivity (Wildman–Crippen MR) is 47.0 cm³/mol. The van der Waals surface area contributed by atoms with E-state index in [1.807, 2.05) is 0 Å². The molecule has 0 aromatic heterocycles. The van der Waals surface area contributed by atoms with Crippen LogP contribution in [0.25, 0.3) is 0 Å². The molecule has 4 nitrogen and oxygen atoms in total. The summed E-state index contributed by atoms with van der Waals surface area (Å²) in [7, 11) is 0. The fourth-order valence-electron chi connectivity index (χ4n) is 1.50. The summed E-state index contributed by atoms with van der Waals surface area (Å²) in [6, 6.07) is -0.370. The standard InChI is InChI=1S/C9H15NO3/c1-2-13-9(12)6-3-4-7(10)8(11)5-6/h6-7H,2-5,10H2,1H3. The molecule has 0 aliphatic heterocycles. The van der Waals surface area contributed by atoms with Crippen molar-refractivity contribution in [3.05, 3.63) is 0 Å². The molecule has 1 saturated carbocycles. The number of esters is 1. The lowest BCUT2D eigenvalue weighted by molar-refractivity contribution is -0.151. The third-order valence-electron chi connectivity index (χ3n) is 2.31. The van der Waals surface area contributed by atoms with Crippen molar-refractivity contribution in [1.29, 1.82) is 0 Å². The Hall–Kier alpha value is -0.900. The van der Waals surface area contributed by atoms with Crippen molar-refractivity contribution in [2.24, 2.45) is 11.7 Å². The minimum Gasteiger partial charge on any atom is -0.466 e. The maximum atomic E-state index is 11.2. The van der Waals surface area contributed by atoms with Crippen molar-refractivity contribution in [2.75, 3.05) is 6.61 Å². The molecule has 0 bridgehead atoms. The summed E-state index contributed by atoms with van der Waals surface area (Å²) >= 11 is 0. The molecule has 1 rings (SSSR count). The first-order valence-electron chi connectivity index (χ1n) is 4.60. The van der Waals surface area contributed by atoms with E-state index in [1.54, 1.807) is 6.92 Å². The minimum absolute atomic E-state index is 0.0238. The zero-order valence-corrected chi connectivity index (χ0v) is 7.79. The molecular weight excluding hydrogens is 170 g/mol. The van der Waals surface area contributed by atoms with Gasteiger partial charge in [0.05, 0.1) is 18.6 Å². The first kappa shape index (κ1) is 10.2. The van der Waals surface area contributed by atoms with Crippen LogP contribution in [0.5, 0.6) is 0 Å². The Morgan fingerprint density at radius 1 is 1.62 bits per heavy atom. The highest BCUT2D eigenvalue weighted by Gasteiger charge is 2.30. The summed E-state index contributed by atoms with van der Waals surface area (Å²) < 4.78 is 4.83. The highest BCUT2D eigenvalue weighted by atomic mass is 16.5. The van der Waals surface area contributed by atoms with Gasteiger partial charge in [-0.15, -0.1) is 0 Å². The molecule has 2 unspecified atom stereocenters. The maximum Gasteiger partial charge on any atom is 0.309 e. The van der Waals surface area contributed by atoms with E-state index in [4.69, 9.17) is 10.5 Å². The molecule has 1 fully saturated rings. The second kappa shape index (κ2) is 4.37. The quantitative estimate of drug-likeness (QED) is 0.626. The largest absolute Gasteiger partial charge is 0.466 e. The second-order valence-electron chi connectivity index (χ2n) is 3.30. The number of rotatable bonds is 2. The molecule has 0 radical (unpaired) electrons. The Balaban J connectivity index is 2.45. The third kappa shape index (κ3) is 2.52. The first-order chi connectivity index (χ1) is 6.15. The smallest absolute Gasteiger partial charge is 0.309 e. The minimum atomic E-state index is -0.370. The van der Waals surface area contributed by atoms with Gasteiger partial charge in [0.1, 0.15) is 5.78 Å². The number of ketones is 1. The lowest BCUT2D eigenvalue weighted by Crippen LogP contribution is -2.38. The molecule has 0 spiro atoms. The number of nitrogens with two attached hydrogens (primary N) is 1. The highest BCUT2D eigenvalue weighted by molar-refractivity contribution is 5.89. The highest BCUT2D eigenvalue weighted by Crippen LogP contribution is 2.21. The predicted octanol–water partition coefficient (Wildman–Crippen LogP) is 0.246. The number of hydrogen-bond acceptors (Lipinski definition) is 4. The molecule has 0 aromatic rings. The lowest BCUT2D eigenvalue weighted by Gasteiger charge is -2.23. The van der Waals surface area contributed by atoms with Gasteiger partial charge >= 0.3 is 5.97 Å². The topological polar surface area (TPSA) is 69.4 Å². The van der Waals surface area contributed by atoms with Crippen LogP contribution in [-0.4, -0.2) is 24.4 Å². The van der Waals surface area contributed by atoms with Gasteiger partial charge < -0.3 is 10.5 Å². The third-order valence-corrected chi connectivity index (χ3v) is 2.31. The Kier molecular flexibility index (Phi) is 3.42. The fourth-order valence-corrected chi connectivity index (χ4v) is 1.50. The summed E-state index contributed by atoms with van der Waals surface area (Å²) in [4.78, 5) is 22.4. The van der Waals surface area contributed by atoms with Crippen LogP contribution >= 0.6 is 0 Å². The number of ether oxygens (including phenoxy) is 1. The Labute approximate surface area is 77.4 Å². The summed E-state index contributed by atoms with van der Waals surface area (Å²) in [6.07, 6.45) is 1.52. The van der Waals surface area contributed by atoms with Crippen molar-refractivity contribution in [1.82, 2.24) is 0 Å². The van der Waals surface area contributed by atoms with Crippen LogP contribution in [0.15, 0.2) is 0 Å². The normalized spacial score (nSPS) is 28.6.